The lowest BCUT2D eigenvalue weighted by atomic mass is 10.2. The number of ether oxygens (including phenoxy) is 1. The average molecular weight is 360 g/mol. The first kappa shape index (κ1) is 12.6. The van der Waals surface area contributed by atoms with Crippen LogP contribution < -0.4 is 4.74 Å². The second-order valence-electron chi connectivity index (χ2n) is 3.48. The average Bonchev–Trinajstić information content (AvgIpc) is 2.28. The fourth-order valence-corrected chi connectivity index (χ4v) is 2.19. The molecule has 0 heterocycles. The zero-order valence-electron chi connectivity index (χ0n) is 8.79. The lowest BCUT2D eigenvalue weighted by molar-refractivity contribution is 0.476. The molecule has 2 aromatic carbocycles. The Labute approximate surface area is 116 Å². The highest BCUT2D eigenvalue weighted by Gasteiger charge is 2.01. The summed E-state index contributed by atoms with van der Waals surface area (Å²) in [6, 6.07) is 12.1. The van der Waals surface area contributed by atoms with Gasteiger partial charge in [0.05, 0.1) is 0 Å². The highest BCUT2D eigenvalue weighted by molar-refractivity contribution is 9.10. The molecule has 0 saturated carbocycles. The van der Waals surface area contributed by atoms with Gasteiger partial charge in [-0.1, -0.05) is 44.0 Å². The van der Waals surface area contributed by atoms with E-state index in [1.165, 1.54) is 12.1 Å². The first-order chi connectivity index (χ1) is 8.17. The molecule has 0 aliphatic rings. The third-order valence-corrected chi connectivity index (χ3v) is 3.25. The summed E-state index contributed by atoms with van der Waals surface area (Å²) in [6.45, 7) is 0. The van der Waals surface area contributed by atoms with E-state index in [1.807, 2.05) is 24.3 Å². The van der Waals surface area contributed by atoms with E-state index in [4.69, 9.17) is 4.74 Å². The largest absolute Gasteiger partial charge is 0.457 e. The molecule has 88 valence electrons. The maximum Gasteiger partial charge on any atom is 0.131 e. The zero-order chi connectivity index (χ0) is 12.3. The Morgan fingerprint density at radius 3 is 2.29 bits per heavy atom. The molecule has 0 spiro atoms. The van der Waals surface area contributed by atoms with Gasteiger partial charge in [-0.3, -0.25) is 0 Å². The summed E-state index contributed by atoms with van der Waals surface area (Å²) < 4.78 is 19.3. The molecule has 0 aliphatic heterocycles. The van der Waals surface area contributed by atoms with Crippen molar-refractivity contribution < 1.29 is 9.13 Å². The minimum absolute atomic E-state index is 0.327. The molecule has 0 saturated heterocycles. The van der Waals surface area contributed by atoms with Crippen LogP contribution in [-0.4, -0.2) is 0 Å². The molecule has 0 N–H and O–H groups in total. The molecule has 0 fully saturated rings. The van der Waals surface area contributed by atoms with Gasteiger partial charge in [0.25, 0.3) is 0 Å². The van der Waals surface area contributed by atoms with Crippen LogP contribution in [0.2, 0.25) is 0 Å². The van der Waals surface area contributed by atoms with Gasteiger partial charge in [-0.2, -0.15) is 0 Å². The van der Waals surface area contributed by atoms with E-state index in [9.17, 15) is 4.39 Å². The number of hydrogen-bond acceptors (Lipinski definition) is 1. The van der Waals surface area contributed by atoms with Gasteiger partial charge in [-0.25, -0.2) is 4.39 Å². The minimum atomic E-state index is -0.327. The van der Waals surface area contributed by atoms with Crippen molar-refractivity contribution >= 4 is 31.9 Å². The second kappa shape index (κ2) is 5.65. The standard InChI is InChI=1S/C13H9Br2FO/c14-8-9-1-3-12(4-2-9)17-13-6-10(15)5-11(16)7-13/h1-7H,8H2. The molecule has 4 heteroatoms. The van der Waals surface area contributed by atoms with Gasteiger partial charge >= 0.3 is 0 Å². The maximum absolute atomic E-state index is 13.1. The van der Waals surface area contributed by atoms with Crippen LogP contribution in [0, 0.1) is 5.82 Å². The van der Waals surface area contributed by atoms with Crippen molar-refractivity contribution in [3.63, 3.8) is 0 Å². The molecule has 0 unspecified atom stereocenters. The fraction of sp³-hybridized carbons (Fsp3) is 0.0769. The number of alkyl halides is 1. The number of hydrogen-bond donors (Lipinski definition) is 0. The van der Waals surface area contributed by atoms with E-state index in [1.54, 1.807) is 6.07 Å². The van der Waals surface area contributed by atoms with Crippen LogP contribution in [0.4, 0.5) is 4.39 Å². The van der Waals surface area contributed by atoms with Gasteiger partial charge in [0, 0.05) is 15.9 Å². The van der Waals surface area contributed by atoms with E-state index < -0.39 is 0 Å². The molecule has 0 radical (unpaired) electrons. The number of benzene rings is 2. The monoisotopic (exact) mass is 358 g/mol. The van der Waals surface area contributed by atoms with Crippen LogP contribution in [0.1, 0.15) is 5.56 Å². The minimum Gasteiger partial charge on any atom is -0.457 e. The number of halogens is 3. The molecule has 0 bridgehead atoms. The smallest absolute Gasteiger partial charge is 0.131 e. The van der Waals surface area contributed by atoms with E-state index >= 15 is 0 Å². The third-order valence-electron chi connectivity index (χ3n) is 2.15. The third kappa shape index (κ3) is 3.54. The second-order valence-corrected chi connectivity index (χ2v) is 4.96. The molecule has 2 rings (SSSR count). The quantitative estimate of drug-likeness (QED) is 0.678. The van der Waals surface area contributed by atoms with Crippen molar-refractivity contribution in [1.29, 1.82) is 0 Å². The van der Waals surface area contributed by atoms with Gasteiger partial charge in [-0.15, -0.1) is 0 Å². The van der Waals surface area contributed by atoms with Gasteiger partial charge in [0.1, 0.15) is 17.3 Å². The molecular formula is C13H9Br2FO. The Hall–Kier alpha value is -0.870. The van der Waals surface area contributed by atoms with Gasteiger partial charge in [-0.05, 0) is 29.8 Å². The molecule has 2 aromatic rings. The van der Waals surface area contributed by atoms with E-state index in [0.29, 0.717) is 16.0 Å². The summed E-state index contributed by atoms with van der Waals surface area (Å²) in [6.07, 6.45) is 0. The van der Waals surface area contributed by atoms with Gasteiger partial charge < -0.3 is 4.74 Å². The van der Waals surface area contributed by atoms with Crippen molar-refractivity contribution in [3.05, 3.63) is 58.3 Å². The first-order valence-electron chi connectivity index (χ1n) is 4.96. The Bertz CT molecular complexity index is 491. The molecule has 0 aliphatic carbocycles. The Balaban J connectivity index is 2.19. The summed E-state index contributed by atoms with van der Waals surface area (Å²) in [4.78, 5) is 0. The number of rotatable bonds is 3. The topological polar surface area (TPSA) is 9.23 Å². The summed E-state index contributed by atoms with van der Waals surface area (Å²) in [5.41, 5.74) is 1.16. The maximum atomic E-state index is 13.1. The van der Waals surface area contributed by atoms with Crippen molar-refractivity contribution in [3.8, 4) is 11.5 Å². The van der Waals surface area contributed by atoms with Crippen LogP contribution in [0.25, 0.3) is 0 Å². The van der Waals surface area contributed by atoms with Gasteiger partial charge in [0.2, 0.25) is 0 Å². The molecule has 0 atom stereocenters. The Kier molecular flexibility index (Phi) is 4.18. The SMILES string of the molecule is Fc1cc(Br)cc(Oc2ccc(CBr)cc2)c1. The molecule has 0 aromatic heterocycles. The van der Waals surface area contributed by atoms with Gasteiger partial charge in [0.15, 0.2) is 0 Å². The van der Waals surface area contributed by atoms with Crippen LogP contribution in [-0.2, 0) is 5.33 Å². The van der Waals surface area contributed by atoms with E-state index in [2.05, 4.69) is 31.9 Å². The normalized spacial score (nSPS) is 10.3. The highest BCUT2D eigenvalue weighted by Crippen LogP contribution is 2.26. The molecular weight excluding hydrogens is 351 g/mol. The lowest BCUT2D eigenvalue weighted by Crippen LogP contribution is -1.86. The lowest BCUT2D eigenvalue weighted by Gasteiger charge is -2.06. The Morgan fingerprint density at radius 1 is 1.00 bits per heavy atom. The summed E-state index contributed by atoms with van der Waals surface area (Å²) in [5, 5.41) is 0.804. The molecule has 17 heavy (non-hydrogen) atoms. The van der Waals surface area contributed by atoms with Crippen LogP contribution in [0.15, 0.2) is 46.9 Å². The highest BCUT2D eigenvalue weighted by atomic mass is 79.9. The van der Waals surface area contributed by atoms with Crippen molar-refractivity contribution in [2.24, 2.45) is 0 Å². The van der Waals surface area contributed by atoms with Crippen molar-refractivity contribution in [1.82, 2.24) is 0 Å². The van der Waals surface area contributed by atoms with Crippen LogP contribution in [0.5, 0.6) is 11.5 Å². The van der Waals surface area contributed by atoms with Crippen LogP contribution >= 0.6 is 31.9 Å². The van der Waals surface area contributed by atoms with E-state index in [0.717, 1.165) is 10.9 Å². The fourth-order valence-electron chi connectivity index (χ4n) is 1.37. The van der Waals surface area contributed by atoms with E-state index in [-0.39, 0.29) is 5.82 Å². The summed E-state index contributed by atoms with van der Waals surface area (Å²) in [7, 11) is 0. The Morgan fingerprint density at radius 2 is 1.71 bits per heavy atom. The van der Waals surface area contributed by atoms with Crippen molar-refractivity contribution in [2.45, 2.75) is 5.33 Å². The predicted molar refractivity (Wildman–Crippen MR) is 73.2 cm³/mol. The first-order valence-corrected chi connectivity index (χ1v) is 6.87. The zero-order valence-corrected chi connectivity index (χ0v) is 12.0. The predicted octanol–water partition coefficient (Wildman–Crippen LogP) is 5.28. The van der Waals surface area contributed by atoms with Crippen molar-refractivity contribution in [2.75, 3.05) is 0 Å². The summed E-state index contributed by atoms with van der Waals surface area (Å²) in [5.74, 6) is 0.835. The molecule has 1 nitrogen and oxygen atoms in total. The molecule has 0 amide bonds. The van der Waals surface area contributed by atoms with Crippen LogP contribution in [0.3, 0.4) is 0 Å². The summed E-state index contributed by atoms with van der Waals surface area (Å²) >= 11 is 6.59.